The smallest absolute Gasteiger partial charge is 0.186 e. The molecule has 0 fully saturated rings. The van der Waals surface area contributed by atoms with Gasteiger partial charge in [-0.15, -0.1) is 0 Å². The summed E-state index contributed by atoms with van der Waals surface area (Å²) < 4.78 is 5.03. The quantitative estimate of drug-likeness (QED) is 0.585. The minimum absolute atomic E-state index is 0.265. The molecule has 0 aromatic heterocycles. The van der Waals surface area contributed by atoms with Crippen molar-refractivity contribution >= 4 is 5.78 Å². The SMILES string of the molecule is CCO[C@H]1C=CC(=O)[C@@H]1O. The fourth-order valence-corrected chi connectivity index (χ4v) is 0.895. The lowest BCUT2D eigenvalue weighted by Gasteiger charge is -2.11. The van der Waals surface area contributed by atoms with Gasteiger partial charge in [0, 0.05) is 6.61 Å². The van der Waals surface area contributed by atoms with Crippen LogP contribution in [0.2, 0.25) is 0 Å². The number of ether oxygens (including phenoxy) is 1. The molecule has 2 atom stereocenters. The predicted octanol–water partition coefficient (Wildman–Crippen LogP) is -0.109. The summed E-state index contributed by atoms with van der Waals surface area (Å²) in [6, 6.07) is 0. The molecule has 0 aliphatic heterocycles. The van der Waals surface area contributed by atoms with Crippen LogP contribution in [0, 0.1) is 0 Å². The molecule has 0 amide bonds. The molecule has 56 valence electrons. The van der Waals surface area contributed by atoms with Crippen LogP contribution < -0.4 is 0 Å². The highest BCUT2D eigenvalue weighted by Crippen LogP contribution is 2.10. The van der Waals surface area contributed by atoms with Gasteiger partial charge in [-0.05, 0) is 19.1 Å². The van der Waals surface area contributed by atoms with Crippen LogP contribution in [0.4, 0.5) is 0 Å². The molecule has 3 nitrogen and oxygen atoms in total. The van der Waals surface area contributed by atoms with Gasteiger partial charge in [0.15, 0.2) is 5.78 Å². The van der Waals surface area contributed by atoms with Gasteiger partial charge in [0.2, 0.25) is 0 Å². The van der Waals surface area contributed by atoms with Crippen LogP contribution in [-0.4, -0.2) is 29.7 Å². The van der Waals surface area contributed by atoms with Gasteiger partial charge in [-0.1, -0.05) is 0 Å². The van der Waals surface area contributed by atoms with E-state index in [1.807, 2.05) is 6.92 Å². The maximum absolute atomic E-state index is 10.6. The van der Waals surface area contributed by atoms with E-state index in [0.29, 0.717) is 6.61 Å². The standard InChI is InChI=1S/C7H10O3/c1-2-10-6-4-3-5(8)7(6)9/h3-4,6-7,9H,2H2,1H3/t6-,7-/m0/s1. The van der Waals surface area contributed by atoms with Crippen LogP contribution in [-0.2, 0) is 9.53 Å². The van der Waals surface area contributed by atoms with Crippen molar-refractivity contribution in [3.8, 4) is 0 Å². The van der Waals surface area contributed by atoms with Gasteiger partial charge in [0.1, 0.15) is 12.2 Å². The number of hydrogen-bond donors (Lipinski definition) is 1. The number of carbonyl (C=O) groups excluding carboxylic acids is 1. The Morgan fingerprint density at radius 2 is 2.50 bits per heavy atom. The van der Waals surface area contributed by atoms with Gasteiger partial charge in [-0.3, -0.25) is 4.79 Å². The Labute approximate surface area is 59.3 Å². The van der Waals surface area contributed by atoms with Crippen molar-refractivity contribution in [1.29, 1.82) is 0 Å². The van der Waals surface area contributed by atoms with Crippen molar-refractivity contribution in [2.45, 2.75) is 19.1 Å². The summed E-state index contributed by atoms with van der Waals surface area (Å²) in [7, 11) is 0. The van der Waals surface area contributed by atoms with Crippen molar-refractivity contribution in [2.75, 3.05) is 6.61 Å². The molecule has 0 aromatic carbocycles. The van der Waals surface area contributed by atoms with Gasteiger partial charge in [-0.2, -0.15) is 0 Å². The van der Waals surface area contributed by atoms with E-state index in [9.17, 15) is 4.79 Å². The number of hydrogen-bond acceptors (Lipinski definition) is 3. The fourth-order valence-electron chi connectivity index (χ4n) is 0.895. The summed E-state index contributed by atoms with van der Waals surface area (Å²) in [5, 5.41) is 9.05. The Morgan fingerprint density at radius 1 is 1.80 bits per heavy atom. The molecule has 1 aliphatic carbocycles. The number of aliphatic hydroxyl groups excluding tert-OH is 1. The Kier molecular flexibility index (Phi) is 2.19. The van der Waals surface area contributed by atoms with Gasteiger partial charge >= 0.3 is 0 Å². The first-order valence-corrected chi connectivity index (χ1v) is 3.27. The van der Waals surface area contributed by atoms with E-state index in [2.05, 4.69) is 0 Å². The Hall–Kier alpha value is -0.670. The molecule has 0 heterocycles. The topological polar surface area (TPSA) is 46.5 Å². The van der Waals surface area contributed by atoms with Crippen LogP contribution in [0.1, 0.15) is 6.92 Å². The average molecular weight is 142 g/mol. The van der Waals surface area contributed by atoms with E-state index in [0.717, 1.165) is 0 Å². The molecule has 0 radical (unpaired) electrons. The van der Waals surface area contributed by atoms with Crippen LogP contribution in [0.3, 0.4) is 0 Å². The highest BCUT2D eigenvalue weighted by atomic mass is 16.5. The molecule has 0 spiro atoms. The summed E-state index contributed by atoms with van der Waals surface area (Å²) in [5.41, 5.74) is 0. The van der Waals surface area contributed by atoms with Crippen LogP contribution in [0.5, 0.6) is 0 Å². The Balaban J connectivity index is 2.49. The number of rotatable bonds is 2. The Bertz CT molecular complexity index is 162. The van der Waals surface area contributed by atoms with E-state index in [4.69, 9.17) is 9.84 Å². The van der Waals surface area contributed by atoms with E-state index < -0.39 is 12.2 Å². The number of aliphatic hydroxyl groups is 1. The highest BCUT2D eigenvalue weighted by molar-refractivity contribution is 5.96. The molecule has 0 aromatic rings. The molecule has 1 aliphatic rings. The summed E-state index contributed by atoms with van der Waals surface area (Å²) in [6.45, 7) is 2.34. The third-order valence-corrected chi connectivity index (χ3v) is 1.41. The van der Waals surface area contributed by atoms with Gasteiger partial charge in [0.05, 0.1) is 0 Å². The summed E-state index contributed by atoms with van der Waals surface area (Å²) >= 11 is 0. The van der Waals surface area contributed by atoms with Crippen molar-refractivity contribution in [1.82, 2.24) is 0 Å². The molecule has 0 bridgehead atoms. The van der Waals surface area contributed by atoms with Crippen molar-refractivity contribution in [3.05, 3.63) is 12.2 Å². The largest absolute Gasteiger partial charge is 0.382 e. The lowest BCUT2D eigenvalue weighted by molar-refractivity contribution is -0.126. The predicted molar refractivity (Wildman–Crippen MR) is 35.6 cm³/mol. The Morgan fingerprint density at radius 3 is 2.90 bits per heavy atom. The second kappa shape index (κ2) is 2.94. The second-order valence-electron chi connectivity index (χ2n) is 2.13. The first-order chi connectivity index (χ1) is 4.75. The molecule has 3 heteroatoms. The minimum atomic E-state index is -0.972. The fraction of sp³-hybridized carbons (Fsp3) is 0.571. The maximum Gasteiger partial charge on any atom is 0.186 e. The zero-order valence-electron chi connectivity index (χ0n) is 5.78. The van der Waals surface area contributed by atoms with E-state index in [-0.39, 0.29) is 5.78 Å². The van der Waals surface area contributed by atoms with Crippen molar-refractivity contribution in [2.24, 2.45) is 0 Å². The van der Waals surface area contributed by atoms with Crippen LogP contribution in [0.15, 0.2) is 12.2 Å². The van der Waals surface area contributed by atoms with Crippen molar-refractivity contribution < 1.29 is 14.6 Å². The molecule has 0 saturated heterocycles. The molecular formula is C7H10O3. The lowest BCUT2D eigenvalue weighted by Crippen LogP contribution is -2.28. The van der Waals surface area contributed by atoms with E-state index in [1.165, 1.54) is 6.08 Å². The summed E-state index contributed by atoms with van der Waals surface area (Å²) in [6.07, 6.45) is 1.54. The molecule has 0 unspecified atom stereocenters. The lowest BCUT2D eigenvalue weighted by atomic mass is 10.2. The number of carbonyl (C=O) groups is 1. The third kappa shape index (κ3) is 1.25. The van der Waals surface area contributed by atoms with Gasteiger partial charge < -0.3 is 9.84 Å². The zero-order valence-corrected chi connectivity index (χ0v) is 5.78. The van der Waals surface area contributed by atoms with Crippen molar-refractivity contribution in [3.63, 3.8) is 0 Å². The summed E-state index contributed by atoms with van der Waals surface area (Å²) in [4.78, 5) is 10.6. The minimum Gasteiger partial charge on any atom is -0.382 e. The molecule has 1 N–H and O–H groups in total. The van der Waals surface area contributed by atoms with Crippen LogP contribution in [0.25, 0.3) is 0 Å². The molecule has 1 rings (SSSR count). The summed E-state index contributed by atoms with van der Waals surface area (Å²) in [5.74, 6) is -0.265. The molecule has 10 heavy (non-hydrogen) atoms. The van der Waals surface area contributed by atoms with E-state index >= 15 is 0 Å². The third-order valence-electron chi connectivity index (χ3n) is 1.41. The zero-order chi connectivity index (χ0) is 7.56. The molecular weight excluding hydrogens is 132 g/mol. The van der Waals surface area contributed by atoms with Gasteiger partial charge in [-0.25, -0.2) is 0 Å². The molecule has 0 saturated carbocycles. The second-order valence-corrected chi connectivity index (χ2v) is 2.13. The normalized spacial score (nSPS) is 31.6. The monoisotopic (exact) mass is 142 g/mol. The highest BCUT2D eigenvalue weighted by Gasteiger charge is 2.27. The number of ketones is 1. The van der Waals surface area contributed by atoms with Crippen LogP contribution >= 0.6 is 0 Å². The maximum atomic E-state index is 10.6. The first kappa shape index (κ1) is 7.44. The van der Waals surface area contributed by atoms with Gasteiger partial charge in [0.25, 0.3) is 0 Å². The first-order valence-electron chi connectivity index (χ1n) is 3.27. The van der Waals surface area contributed by atoms with E-state index in [1.54, 1.807) is 6.08 Å². The average Bonchev–Trinajstić information content (AvgIpc) is 2.20.